The molecule has 5 heteroatoms. The molecule has 0 spiro atoms. The number of fused-ring (bicyclic) bond motifs is 5. The van der Waals surface area contributed by atoms with Crippen LogP contribution in [0.3, 0.4) is 0 Å². The summed E-state index contributed by atoms with van der Waals surface area (Å²) in [5, 5.41) is 11.4. The summed E-state index contributed by atoms with van der Waals surface area (Å²) in [5.41, 5.74) is 11.1. The molecule has 6 aromatic carbocycles. The SMILES string of the molecule is CC[C@H]1C[C@H]2C[C@@H](C)CC(c3ccc(-c4nc(-c5ccc(-c6ccccc6)cc5)nc(-c5cccc(-c6ccc7c(c6)oc6ccc(C#N)cc67)c5)n4)cc3)(C2)C1. The number of rotatable bonds is 7. The third-order valence-electron chi connectivity index (χ3n) is 12.8. The Bertz CT molecular complexity index is 2790. The van der Waals surface area contributed by atoms with E-state index in [0.29, 0.717) is 23.0 Å². The Hall–Kier alpha value is -6.38. The van der Waals surface area contributed by atoms with Crippen LogP contribution in [0.25, 0.3) is 78.4 Å². The van der Waals surface area contributed by atoms with Crippen LogP contribution in [0, 0.1) is 29.1 Å². The van der Waals surface area contributed by atoms with Gasteiger partial charge in [-0.3, -0.25) is 0 Å². The van der Waals surface area contributed by atoms with Crippen LogP contribution in [0.15, 0.2) is 144 Å². The molecule has 2 fully saturated rings. The molecule has 2 bridgehead atoms. The third kappa shape index (κ3) is 6.60. The van der Waals surface area contributed by atoms with Crippen LogP contribution in [-0.2, 0) is 5.41 Å². The van der Waals surface area contributed by atoms with Crippen molar-refractivity contribution in [3.8, 4) is 62.5 Å². The van der Waals surface area contributed by atoms with Gasteiger partial charge in [0.05, 0.1) is 11.6 Å². The van der Waals surface area contributed by atoms with Crippen LogP contribution in [0.1, 0.15) is 63.5 Å². The predicted molar refractivity (Wildman–Crippen MR) is 230 cm³/mol. The summed E-state index contributed by atoms with van der Waals surface area (Å²) in [4.78, 5) is 15.4. The zero-order chi connectivity index (χ0) is 38.5. The number of hydrogen-bond acceptors (Lipinski definition) is 5. The number of benzene rings is 6. The van der Waals surface area contributed by atoms with E-state index >= 15 is 0 Å². The van der Waals surface area contributed by atoms with Gasteiger partial charge in [-0.05, 0) is 119 Å². The van der Waals surface area contributed by atoms with Gasteiger partial charge in [-0.25, -0.2) is 15.0 Å². The Morgan fingerprint density at radius 1 is 0.579 bits per heavy atom. The predicted octanol–water partition coefficient (Wildman–Crippen LogP) is 13.5. The van der Waals surface area contributed by atoms with Gasteiger partial charge in [0.2, 0.25) is 0 Å². The zero-order valence-electron chi connectivity index (χ0n) is 32.5. The van der Waals surface area contributed by atoms with Gasteiger partial charge in [0.1, 0.15) is 11.2 Å². The summed E-state index contributed by atoms with van der Waals surface area (Å²) in [6.07, 6.45) is 7.92. The second-order valence-electron chi connectivity index (χ2n) is 16.7. The van der Waals surface area contributed by atoms with E-state index in [0.717, 1.165) is 73.1 Å². The molecule has 0 amide bonds. The van der Waals surface area contributed by atoms with Gasteiger partial charge >= 0.3 is 0 Å². The molecule has 57 heavy (non-hydrogen) atoms. The molecule has 4 atom stereocenters. The van der Waals surface area contributed by atoms with Crippen molar-refractivity contribution in [1.82, 2.24) is 15.0 Å². The van der Waals surface area contributed by atoms with Gasteiger partial charge in [0.15, 0.2) is 17.5 Å². The minimum absolute atomic E-state index is 0.265. The van der Waals surface area contributed by atoms with Crippen molar-refractivity contribution >= 4 is 21.9 Å². The molecule has 2 saturated carbocycles. The van der Waals surface area contributed by atoms with E-state index in [4.69, 9.17) is 19.4 Å². The maximum absolute atomic E-state index is 9.45. The van der Waals surface area contributed by atoms with E-state index in [1.165, 1.54) is 49.7 Å². The fourth-order valence-corrected chi connectivity index (χ4v) is 10.2. The Morgan fingerprint density at radius 3 is 1.95 bits per heavy atom. The lowest BCUT2D eigenvalue weighted by molar-refractivity contribution is 0.0702. The minimum atomic E-state index is 0.265. The summed E-state index contributed by atoms with van der Waals surface area (Å²) in [7, 11) is 0. The first-order chi connectivity index (χ1) is 27.9. The fraction of sp³-hybridized carbons (Fsp3) is 0.231. The molecule has 5 nitrogen and oxygen atoms in total. The van der Waals surface area contributed by atoms with Crippen molar-refractivity contribution in [2.24, 2.45) is 17.8 Å². The van der Waals surface area contributed by atoms with Crippen LogP contribution >= 0.6 is 0 Å². The lowest BCUT2D eigenvalue weighted by atomic mass is 9.54. The molecule has 2 aliphatic rings. The molecule has 2 aromatic heterocycles. The maximum Gasteiger partial charge on any atom is 0.164 e. The molecule has 0 radical (unpaired) electrons. The monoisotopic (exact) mass is 740 g/mol. The van der Waals surface area contributed by atoms with E-state index in [-0.39, 0.29) is 5.41 Å². The number of aromatic nitrogens is 3. The maximum atomic E-state index is 9.45. The summed E-state index contributed by atoms with van der Waals surface area (Å²) < 4.78 is 6.24. The molecule has 8 aromatic rings. The third-order valence-corrected chi connectivity index (χ3v) is 12.8. The van der Waals surface area contributed by atoms with Gasteiger partial charge < -0.3 is 4.42 Å². The molecule has 10 rings (SSSR count). The van der Waals surface area contributed by atoms with Gasteiger partial charge in [-0.2, -0.15) is 5.26 Å². The topological polar surface area (TPSA) is 75.6 Å². The highest BCUT2D eigenvalue weighted by Gasteiger charge is 2.45. The van der Waals surface area contributed by atoms with Crippen molar-refractivity contribution in [3.63, 3.8) is 0 Å². The first kappa shape index (κ1) is 35.1. The van der Waals surface area contributed by atoms with Crippen LogP contribution in [0.5, 0.6) is 0 Å². The lowest BCUT2D eigenvalue weighted by Crippen LogP contribution is -2.42. The highest BCUT2D eigenvalue weighted by Crippen LogP contribution is 2.54. The Labute approximate surface area is 334 Å². The summed E-state index contributed by atoms with van der Waals surface area (Å²) in [6, 6.07) is 50.6. The van der Waals surface area contributed by atoms with Crippen LogP contribution in [0.4, 0.5) is 0 Å². The average molecular weight is 741 g/mol. The normalized spacial score (nSPS) is 20.4. The molecule has 1 unspecified atom stereocenters. The van der Waals surface area contributed by atoms with Crippen molar-refractivity contribution in [1.29, 1.82) is 5.26 Å². The molecule has 0 saturated heterocycles. The summed E-state index contributed by atoms with van der Waals surface area (Å²) in [5.74, 6) is 4.35. The van der Waals surface area contributed by atoms with E-state index < -0.39 is 0 Å². The highest BCUT2D eigenvalue weighted by molar-refractivity contribution is 6.06. The Kier molecular flexibility index (Phi) is 8.79. The first-order valence-corrected chi connectivity index (χ1v) is 20.4. The highest BCUT2D eigenvalue weighted by atomic mass is 16.3. The largest absolute Gasteiger partial charge is 0.456 e. The van der Waals surface area contributed by atoms with Gasteiger partial charge in [-0.15, -0.1) is 0 Å². The number of nitrogens with zero attached hydrogens (tertiary/aromatic N) is 4. The van der Waals surface area contributed by atoms with E-state index in [9.17, 15) is 5.26 Å². The van der Waals surface area contributed by atoms with E-state index in [1.807, 2.05) is 18.2 Å². The van der Waals surface area contributed by atoms with Gasteiger partial charge in [0.25, 0.3) is 0 Å². The number of nitriles is 1. The van der Waals surface area contributed by atoms with Crippen LogP contribution in [0.2, 0.25) is 0 Å². The van der Waals surface area contributed by atoms with Gasteiger partial charge in [0, 0.05) is 27.5 Å². The molecule has 0 aliphatic heterocycles. The second-order valence-corrected chi connectivity index (χ2v) is 16.7. The molecule has 278 valence electrons. The van der Waals surface area contributed by atoms with Crippen LogP contribution < -0.4 is 0 Å². The van der Waals surface area contributed by atoms with Crippen molar-refractivity contribution in [3.05, 3.63) is 151 Å². The molecular weight excluding hydrogens is 697 g/mol. The van der Waals surface area contributed by atoms with Crippen molar-refractivity contribution in [2.45, 2.75) is 57.8 Å². The first-order valence-electron chi connectivity index (χ1n) is 20.4. The molecule has 2 aliphatic carbocycles. The molecule has 0 N–H and O–H groups in total. The Morgan fingerprint density at radius 2 is 1.21 bits per heavy atom. The van der Waals surface area contributed by atoms with Gasteiger partial charge in [-0.1, -0.05) is 123 Å². The quantitative estimate of drug-likeness (QED) is 0.163. The summed E-state index contributed by atoms with van der Waals surface area (Å²) >= 11 is 0. The second kappa shape index (κ2) is 14.3. The zero-order valence-corrected chi connectivity index (χ0v) is 32.5. The lowest BCUT2D eigenvalue weighted by Gasteiger charge is -2.51. The van der Waals surface area contributed by atoms with Crippen LogP contribution in [-0.4, -0.2) is 15.0 Å². The Balaban J connectivity index is 1.04. The van der Waals surface area contributed by atoms with E-state index in [2.05, 4.69) is 135 Å². The minimum Gasteiger partial charge on any atom is -0.456 e. The van der Waals surface area contributed by atoms with Crippen molar-refractivity contribution in [2.75, 3.05) is 0 Å². The average Bonchev–Trinajstić information content (AvgIpc) is 3.63. The van der Waals surface area contributed by atoms with E-state index in [1.54, 1.807) is 6.07 Å². The number of furan rings is 1. The molecule has 2 heterocycles. The standard InChI is InChI=1S/C52H44N4O/c1-3-34-25-36-24-33(2)29-52(30-34,31-36)44-20-17-40(18-21-44)50-54-49(39-15-13-38(14-16-39)37-8-5-4-6-9-37)55-51(56-50)43-11-7-10-41(27-43)42-19-22-45-46-26-35(32-53)12-23-47(46)57-48(45)28-42/h4-23,26-28,33-34,36H,3,24-25,29-31H2,1-2H3/t33-,34+,36-,52?/m1/s1. The molecular formula is C52H44N4O. The smallest absolute Gasteiger partial charge is 0.164 e. The fourth-order valence-electron chi connectivity index (χ4n) is 10.2. The van der Waals surface area contributed by atoms with Crippen molar-refractivity contribution < 1.29 is 4.42 Å². The summed E-state index contributed by atoms with van der Waals surface area (Å²) in [6.45, 7) is 4.83. The number of hydrogen-bond donors (Lipinski definition) is 0.